The standard InChI is InChI=1S/C14H9FN4O6/c15-10-3-1-2-8(4-10)14(21)17-16-7-9-5-11(18(22)23)6-12(13(9)20)19(24)25/h1-7,20H,(H,17,21)/b16-7+. The summed E-state index contributed by atoms with van der Waals surface area (Å²) in [5.41, 5.74) is 0.111. The number of hydrogen-bond donors (Lipinski definition) is 2. The fourth-order valence-electron chi connectivity index (χ4n) is 1.82. The molecule has 0 aromatic heterocycles. The summed E-state index contributed by atoms with van der Waals surface area (Å²) in [6, 6.07) is 6.17. The van der Waals surface area contributed by atoms with Gasteiger partial charge in [0.1, 0.15) is 5.82 Å². The maximum atomic E-state index is 13.0. The SMILES string of the molecule is O=C(N/N=C/c1cc([N+](=O)[O-])cc([N+](=O)[O-])c1O)c1cccc(F)c1. The lowest BCUT2D eigenvalue weighted by Crippen LogP contribution is -2.17. The lowest BCUT2D eigenvalue weighted by molar-refractivity contribution is -0.394. The average molecular weight is 348 g/mol. The molecule has 0 radical (unpaired) electrons. The number of carbonyl (C=O) groups is 1. The Morgan fingerprint density at radius 2 is 1.92 bits per heavy atom. The average Bonchev–Trinajstić information content (AvgIpc) is 2.55. The van der Waals surface area contributed by atoms with Gasteiger partial charge in [-0.25, -0.2) is 9.82 Å². The first-order chi connectivity index (χ1) is 11.8. The highest BCUT2D eigenvalue weighted by Gasteiger charge is 2.23. The number of carbonyl (C=O) groups excluding carboxylic acids is 1. The summed E-state index contributed by atoms with van der Waals surface area (Å²) in [5, 5.41) is 34.8. The maximum absolute atomic E-state index is 13.0. The smallest absolute Gasteiger partial charge is 0.318 e. The van der Waals surface area contributed by atoms with Crippen molar-refractivity contribution in [3.8, 4) is 5.75 Å². The Bertz CT molecular complexity index is 899. The molecule has 0 atom stereocenters. The molecule has 0 saturated heterocycles. The second-order valence-electron chi connectivity index (χ2n) is 4.63. The van der Waals surface area contributed by atoms with Crippen molar-refractivity contribution in [1.82, 2.24) is 5.43 Å². The van der Waals surface area contributed by atoms with Gasteiger partial charge in [-0.3, -0.25) is 25.0 Å². The predicted molar refractivity (Wildman–Crippen MR) is 82.9 cm³/mol. The van der Waals surface area contributed by atoms with E-state index in [1.54, 1.807) is 0 Å². The van der Waals surface area contributed by atoms with Gasteiger partial charge in [0.05, 0.1) is 27.7 Å². The molecule has 0 aliphatic rings. The number of nitrogens with one attached hydrogen (secondary N) is 1. The van der Waals surface area contributed by atoms with Crippen LogP contribution in [-0.4, -0.2) is 27.1 Å². The summed E-state index contributed by atoms with van der Waals surface area (Å²) >= 11 is 0. The molecule has 11 heteroatoms. The van der Waals surface area contributed by atoms with Crippen molar-refractivity contribution in [3.05, 3.63) is 73.6 Å². The second-order valence-corrected chi connectivity index (χ2v) is 4.63. The Morgan fingerprint density at radius 3 is 2.52 bits per heavy atom. The zero-order chi connectivity index (χ0) is 18.6. The number of non-ortho nitro benzene ring substituents is 1. The molecule has 0 aliphatic carbocycles. The van der Waals surface area contributed by atoms with Crippen molar-refractivity contribution >= 4 is 23.5 Å². The molecular weight excluding hydrogens is 339 g/mol. The van der Waals surface area contributed by atoms with E-state index in [1.807, 2.05) is 5.43 Å². The van der Waals surface area contributed by atoms with Gasteiger partial charge in [0, 0.05) is 11.6 Å². The van der Waals surface area contributed by atoms with Crippen LogP contribution in [0.15, 0.2) is 41.5 Å². The maximum Gasteiger partial charge on any atom is 0.318 e. The summed E-state index contributed by atoms with van der Waals surface area (Å²) in [6.07, 6.45) is 0.798. The number of hydrazone groups is 1. The van der Waals surface area contributed by atoms with Crippen molar-refractivity contribution < 1.29 is 24.1 Å². The van der Waals surface area contributed by atoms with Gasteiger partial charge in [0.15, 0.2) is 0 Å². The van der Waals surface area contributed by atoms with Crippen molar-refractivity contribution in [2.45, 2.75) is 0 Å². The predicted octanol–water partition coefficient (Wildman–Crippen LogP) is 2.11. The van der Waals surface area contributed by atoms with Gasteiger partial charge in [-0.1, -0.05) is 6.07 Å². The number of aromatic hydroxyl groups is 1. The largest absolute Gasteiger partial charge is 0.502 e. The zero-order valence-corrected chi connectivity index (χ0v) is 12.2. The van der Waals surface area contributed by atoms with E-state index in [0.29, 0.717) is 6.07 Å². The second kappa shape index (κ2) is 7.12. The Labute approximate surface area is 138 Å². The van der Waals surface area contributed by atoms with Crippen LogP contribution < -0.4 is 5.43 Å². The summed E-state index contributed by atoms with van der Waals surface area (Å²) in [5.74, 6) is -2.27. The summed E-state index contributed by atoms with van der Waals surface area (Å²) in [7, 11) is 0. The van der Waals surface area contributed by atoms with E-state index in [-0.39, 0.29) is 11.1 Å². The molecule has 2 rings (SSSR count). The van der Waals surface area contributed by atoms with E-state index < -0.39 is 38.7 Å². The van der Waals surface area contributed by atoms with Crippen molar-refractivity contribution in [3.63, 3.8) is 0 Å². The number of benzene rings is 2. The quantitative estimate of drug-likeness (QED) is 0.480. The Morgan fingerprint density at radius 1 is 1.20 bits per heavy atom. The molecular formula is C14H9FN4O6. The third-order valence-electron chi connectivity index (χ3n) is 2.97. The normalized spacial score (nSPS) is 10.6. The third kappa shape index (κ3) is 4.10. The van der Waals surface area contributed by atoms with Crippen LogP contribution in [0.4, 0.5) is 15.8 Å². The molecule has 2 aromatic carbocycles. The molecule has 0 bridgehead atoms. The number of nitro benzene ring substituents is 2. The summed E-state index contributed by atoms with van der Waals surface area (Å²) in [4.78, 5) is 31.5. The van der Waals surface area contributed by atoms with E-state index in [0.717, 1.165) is 24.4 Å². The van der Waals surface area contributed by atoms with E-state index in [1.165, 1.54) is 12.1 Å². The van der Waals surface area contributed by atoms with Gasteiger partial charge in [0.2, 0.25) is 5.75 Å². The topological polar surface area (TPSA) is 148 Å². The van der Waals surface area contributed by atoms with Crippen LogP contribution in [-0.2, 0) is 0 Å². The molecule has 1 amide bonds. The highest BCUT2D eigenvalue weighted by atomic mass is 19.1. The first kappa shape index (κ1) is 17.5. The number of rotatable bonds is 5. The van der Waals surface area contributed by atoms with Gasteiger partial charge >= 0.3 is 5.69 Å². The third-order valence-corrected chi connectivity index (χ3v) is 2.97. The van der Waals surface area contributed by atoms with Gasteiger partial charge in [-0.2, -0.15) is 5.10 Å². The van der Waals surface area contributed by atoms with Crippen LogP contribution in [0.2, 0.25) is 0 Å². The number of amides is 1. The minimum atomic E-state index is -0.995. The minimum absolute atomic E-state index is 0.0357. The van der Waals surface area contributed by atoms with Crippen molar-refractivity contribution in [1.29, 1.82) is 0 Å². The fraction of sp³-hybridized carbons (Fsp3) is 0. The number of halogens is 1. The number of phenols is 1. The van der Waals surface area contributed by atoms with E-state index in [9.17, 15) is 34.5 Å². The highest BCUT2D eigenvalue weighted by Crippen LogP contribution is 2.33. The van der Waals surface area contributed by atoms with Crippen LogP contribution in [0, 0.1) is 26.0 Å². The highest BCUT2D eigenvalue weighted by molar-refractivity contribution is 5.95. The van der Waals surface area contributed by atoms with Crippen molar-refractivity contribution in [2.24, 2.45) is 5.10 Å². The lowest BCUT2D eigenvalue weighted by atomic mass is 10.1. The van der Waals surface area contributed by atoms with Gasteiger partial charge < -0.3 is 5.11 Å². The summed E-state index contributed by atoms with van der Waals surface area (Å²) in [6.45, 7) is 0. The van der Waals surface area contributed by atoms with Crippen LogP contribution in [0.3, 0.4) is 0 Å². The molecule has 0 fully saturated rings. The molecule has 0 unspecified atom stereocenters. The molecule has 10 nitrogen and oxygen atoms in total. The molecule has 0 spiro atoms. The molecule has 25 heavy (non-hydrogen) atoms. The molecule has 128 valence electrons. The van der Waals surface area contributed by atoms with E-state index >= 15 is 0 Å². The van der Waals surface area contributed by atoms with Gasteiger partial charge in [-0.05, 0) is 18.2 Å². The molecule has 2 N–H and O–H groups in total. The van der Waals surface area contributed by atoms with Gasteiger partial charge in [-0.15, -0.1) is 0 Å². The van der Waals surface area contributed by atoms with E-state index in [2.05, 4.69) is 5.10 Å². The first-order valence-electron chi connectivity index (χ1n) is 6.54. The van der Waals surface area contributed by atoms with E-state index in [4.69, 9.17) is 0 Å². The zero-order valence-electron chi connectivity index (χ0n) is 12.2. The van der Waals surface area contributed by atoms with Crippen molar-refractivity contribution in [2.75, 3.05) is 0 Å². The minimum Gasteiger partial charge on any atom is -0.502 e. The molecule has 0 aliphatic heterocycles. The Hall–Kier alpha value is -3.89. The molecule has 2 aromatic rings. The first-order valence-corrected chi connectivity index (χ1v) is 6.54. The Balaban J connectivity index is 2.27. The summed E-state index contributed by atoms with van der Waals surface area (Å²) < 4.78 is 13.0. The van der Waals surface area contributed by atoms with Gasteiger partial charge in [0.25, 0.3) is 11.6 Å². The van der Waals surface area contributed by atoms with Crippen LogP contribution in [0.5, 0.6) is 5.75 Å². The number of nitrogens with zero attached hydrogens (tertiary/aromatic N) is 3. The molecule has 0 heterocycles. The molecule has 0 saturated carbocycles. The van der Waals surface area contributed by atoms with Crippen LogP contribution >= 0.6 is 0 Å². The van der Waals surface area contributed by atoms with Crippen LogP contribution in [0.1, 0.15) is 15.9 Å². The Kier molecular flexibility index (Phi) is 4.98. The fourth-order valence-corrected chi connectivity index (χ4v) is 1.82. The number of hydrogen-bond acceptors (Lipinski definition) is 7. The number of phenolic OH excluding ortho intramolecular Hbond substituents is 1. The monoisotopic (exact) mass is 348 g/mol. The number of nitro groups is 2. The van der Waals surface area contributed by atoms with Crippen LogP contribution in [0.25, 0.3) is 0 Å². The lowest BCUT2D eigenvalue weighted by Gasteiger charge is -2.02.